The monoisotopic (exact) mass is 874 g/mol. The van der Waals surface area contributed by atoms with Crippen molar-refractivity contribution in [3.63, 3.8) is 0 Å². The van der Waals surface area contributed by atoms with E-state index in [9.17, 15) is 29.6 Å². The summed E-state index contributed by atoms with van der Waals surface area (Å²) in [6.45, 7) is 11.2. The summed E-state index contributed by atoms with van der Waals surface area (Å²) >= 11 is 0. The van der Waals surface area contributed by atoms with Crippen molar-refractivity contribution in [3.8, 4) is 23.0 Å². The molecule has 0 radical (unpaired) electrons. The molecule has 17 nitrogen and oxygen atoms in total. The molecule has 0 unspecified atom stereocenters. The van der Waals surface area contributed by atoms with Gasteiger partial charge in [0.05, 0.1) is 66.9 Å². The second-order valence-corrected chi connectivity index (χ2v) is 17.6. The molecule has 2 fully saturated rings. The SMILES string of the molecule is C=C1C[C@H]2C=Nc3cc(OCCCCCOc4cc5c(cc4OC)C(=O)N4CC(=C)C[C@H]4[C@H](O)N5C(=O)OC[C@H](C)SSc4ccc([N+](=O)[O-])cn4)c(OC)cc3C(=O)N2C1. The molecule has 0 spiro atoms. The van der Waals surface area contributed by atoms with E-state index in [4.69, 9.17) is 23.7 Å². The Morgan fingerprint density at radius 2 is 1.59 bits per heavy atom. The number of amides is 3. The summed E-state index contributed by atoms with van der Waals surface area (Å²) in [7, 11) is 5.61. The van der Waals surface area contributed by atoms with Crippen molar-refractivity contribution >= 4 is 62.8 Å². The number of hydrogen-bond acceptors (Lipinski definition) is 15. The molecule has 2 saturated heterocycles. The minimum atomic E-state index is -1.46. The van der Waals surface area contributed by atoms with Crippen molar-refractivity contribution in [2.45, 2.75) is 67.6 Å². The molecule has 322 valence electrons. The molecule has 0 bridgehead atoms. The highest BCUT2D eigenvalue weighted by Gasteiger charge is 2.46. The van der Waals surface area contributed by atoms with Gasteiger partial charge in [0.1, 0.15) is 17.8 Å². The average molecular weight is 875 g/mol. The number of nitro groups is 1. The standard InChI is InChI=1S/C42H46N6O11S2/c1-24-13-28-20-43-31-17-36(34(55-4)15-29(31)39(49)45(28)21-24)57-11-7-6-8-12-58-37-18-32-30(16-35(37)56-5)40(50)46-22-25(2)14-33(46)41(51)47(32)42(52)59-23-26(3)60-61-38-10-9-27(19-44-38)48(53)54/h9-10,15-20,26,28,33,41,51H,1-2,6-8,11-14,21-23H2,3-5H3/t26-,28-,33-,41-/m0/s1. The van der Waals surface area contributed by atoms with E-state index in [2.05, 4.69) is 23.1 Å². The second-order valence-electron chi connectivity index (χ2n) is 14.9. The summed E-state index contributed by atoms with van der Waals surface area (Å²) in [5.74, 6) is 0.954. The van der Waals surface area contributed by atoms with Crippen molar-refractivity contribution in [1.82, 2.24) is 14.8 Å². The number of benzene rings is 2. The van der Waals surface area contributed by atoms with Crippen molar-refractivity contribution in [3.05, 3.63) is 88.1 Å². The fourth-order valence-electron chi connectivity index (χ4n) is 7.48. The zero-order valence-electron chi connectivity index (χ0n) is 33.9. The van der Waals surface area contributed by atoms with Crippen molar-refractivity contribution in [2.75, 3.05) is 52.0 Å². The van der Waals surface area contributed by atoms with Gasteiger partial charge >= 0.3 is 6.09 Å². The lowest BCUT2D eigenvalue weighted by Gasteiger charge is -2.31. The predicted molar refractivity (Wildman–Crippen MR) is 230 cm³/mol. The largest absolute Gasteiger partial charge is 0.493 e. The summed E-state index contributed by atoms with van der Waals surface area (Å²) in [4.78, 5) is 64.6. The second kappa shape index (κ2) is 18.9. The van der Waals surface area contributed by atoms with Crippen LogP contribution in [0.1, 0.15) is 59.7 Å². The Labute approximate surface area is 360 Å². The summed E-state index contributed by atoms with van der Waals surface area (Å²) in [6.07, 6.45) is 3.65. The summed E-state index contributed by atoms with van der Waals surface area (Å²) in [5, 5.41) is 23.0. The number of rotatable bonds is 16. The van der Waals surface area contributed by atoms with Crippen molar-refractivity contribution in [1.29, 1.82) is 0 Å². The van der Waals surface area contributed by atoms with Crippen LogP contribution in [0.25, 0.3) is 0 Å². The molecule has 4 aliphatic rings. The van der Waals surface area contributed by atoms with Crippen molar-refractivity contribution in [2.24, 2.45) is 4.99 Å². The number of carbonyl (C=O) groups excluding carboxylic acids is 3. The van der Waals surface area contributed by atoms with Gasteiger partial charge in [0.15, 0.2) is 29.2 Å². The third-order valence-corrected chi connectivity index (χ3v) is 13.3. The molecular weight excluding hydrogens is 829 g/mol. The predicted octanol–water partition coefficient (Wildman–Crippen LogP) is 7.00. The Hall–Kier alpha value is -5.79. The van der Waals surface area contributed by atoms with Crippen LogP contribution < -0.4 is 23.8 Å². The van der Waals surface area contributed by atoms with Gasteiger partial charge in [-0.1, -0.05) is 35.1 Å². The van der Waals surface area contributed by atoms with Gasteiger partial charge in [-0.05, 0) is 68.0 Å². The number of carbonyl (C=O) groups is 3. The molecule has 1 N–H and O–H groups in total. The number of unbranched alkanes of at least 4 members (excludes halogenated alkanes) is 2. The van der Waals surface area contributed by atoms with Crippen LogP contribution in [0, 0.1) is 10.1 Å². The lowest BCUT2D eigenvalue weighted by molar-refractivity contribution is -0.385. The summed E-state index contributed by atoms with van der Waals surface area (Å²) in [5.41, 5.74) is 2.84. The third kappa shape index (κ3) is 9.43. The maximum atomic E-state index is 14.0. The number of methoxy groups -OCH3 is 2. The molecule has 1 aromatic heterocycles. The molecule has 0 saturated carbocycles. The lowest BCUT2D eigenvalue weighted by atomic mass is 10.1. The first-order valence-corrected chi connectivity index (χ1v) is 21.8. The molecule has 19 heteroatoms. The van der Waals surface area contributed by atoms with Gasteiger partial charge < -0.3 is 38.6 Å². The highest BCUT2D eigenvalue weighted by Crippen LogP contribution is 2.43. The van der Waals surface area contributed by atoms with Gasteiger partial charge in [0.25, 0.3) is 17.5 Å². The number of hydrogen-bond donors (Lipinski definition) is 1. The number of aliphatic hydroxyl groups is 1. The molecule has 4 atom stereocenters. The zero-order chi connectivity index (χ0) is 43.4. The number of anilines is 1. The fraction of sp³-hybridized carbons (Fsp3) is 0.405. The molecular formula is C42H46N6O11S2. The van der Waals surface area contributed by atoms with Crippen LogP contribution in [-0.2, 0) is 4.74 Å². The van der Waals surface area contributed by atoms with Gasteiger partial charge in [-0.25, -0.2) is 14.7 Å². The molecule has 61 heavy (non-hydrogen) atoms. The molecule has 3 amide bonds. The van der Waals surface area contributed by atoms with Crippen LogP contribution in [0.5, 0.6) is 23.0 Å². The lowest BCUT2D eigenvalue weighted by Crippen LogP contribution is -2.51. The van der Waals surface area contributed by atoms with Gasteiger partial charge in [-0.2, -0.15) is 0 Å². The molecule has 3 aromatic rings. The number of ether oxygens (including phenoxy) is 5. The smallest absolute Gasteiger partial charge is 0.416 e. The Kier molecular flexibility index (Phi) is 13.4. The Morgan fingerprint density at radius 3 is 2.26 bits per heavy atom. The first-order valence-electron chi connectivity index (χ1n) is 19.6. The van der Waals surface area contributed by atoms with E-state index in [1.54, 1.807) is 23.2 Å². The summed E-state index contributed by atoms with van der Waals surface area (Å²) in [6, 6.07) is 8.46. The van der Waals surface area contributed by atoms with E-state index in [-0.39, 0.29) is 65.4 Å². The number of nitrogens with zero attached hydrogens (tertiary/aromatic N) is 6. The molecule has 2 aromatic carbocycles. The van der Waals surface area contributed by atoms with Crippen LogP contribution in [0.3, 0.4) is 0 Å². The van der Waals surface area contributed by atoms with E-state index >= 15 is 0 Å². The highest BCUT2D eigenvalue weighted by molar-refractivity contribution is 8.76. The highest BCUT2D eigenvalue weighted by atomic mass is 33.1. The normalized spacial score (nSPS) is 19.7. The number of aromatic nitrogens is 1. The Balaban J connectivity index is 0.976. The van der Waals surface area contributed by atoms with Gasteiger partial charge in [-0.3, -0.25) is 24.7 Å². The Morgan fingerprint density at radius 1 is 0.934 bits per heavy atom. The van der Waals surface area contributed by atoms with E-state index in [1.807, 2.05) is 6.92 Å². The number of aliphatic hydroxyl groups excluding tert-OH is 1. The average Bonchev–Trinajstić information content (AvgIpc) is 3.79. The maximum Gasteiger partial charge on any atom is 0.416 e. The first-order chi connectivity index (χ1) is 29.4. The topological polar surface area (TPSA) is 196 Å². The van der Waals surface area contributed by atoms with Crippen LogP contribution in [0.4, 0.5) is 21.9 Å². The zero-order valence-corrected chi connectivity index (χ0v) is 35.6. The van der Waals surface area contributed by atoms with Crippen molar-refractivity contribution < 1.29 is 48.1 Å². The van der Waals surface area contributed by atoms with Crippen LogP contribution in [-0.4, -0.2) is 120 Å². The van der Waals surface area contributed by atoms with E-state index in [1.165, 1.54) is 71.2 Å². The number of pyridine rings is 1. The molecule has 0 aliphatic carbocycles. The van der Waals surface area contributed by atoms with E-state index in [0.29, 0.717) is 66.6 Å². The third-order valence-electron chi connectivity index (χ3n) is 10.6. The minimum Gasteiger partial charge on any atom is -0.493 e. The van der Waals surface area contributed by atoms with Gasteiger partial charge in [0.2, 0.25) is 0 Å². The summed E-state index contributed by atoms with van der Waals surface area (Å²) < 4.78 is 29.2. The van der Waals surface area contributed by atoms with Crippen LogP contribution in [0.15, 0.2) is 76.9 Å². The van der Waals surface area contributed by atoms with Gasteiger partial charge in [-0.15, -0.1) is 0 Å². The molecule has 4 aliphatic heterocycles. The quantitative estimate of drug-likeness (QED) is 0.0508. The molecule has 7 rings (SSSR count). The van der Waals surface area contributed by atoms with E-state index < -0.39 is 29.2 Å². The number of aliphatic imine (C=N–C) groups is 1. The fourth-order valence-corrected chi connectivity index (χ4v) is 9.34. The van der Waals surface area contributed by atoms with E-state index in [0.717, 1.165) is 22.5 Å². The molecule has 5 heterocycles. The van der Waals surface area contributed by atoms with Gasteiger partial charge in [0, 0.05) is 42.8 Å². The van der Waals surface area contributed by atoms with Crippen LogP contribution in [0.2, 0.25) is 0 Å². The number of fused-ring (bicyclic) bond motifs is 4. The maximum absolute atomic E-state index is 14.0. The minimum absolute atomic E-state index is 0.0525. The Bertz CT molecular complexity index is 2260. The first kappa shape index (κ1) is 43.3. The van der Waals surface area contributed by atoms with Crippen LogP contribution >= 0.6 is 21.6 Å².